The number of aryl methyl sites for hydroxylation is 2. The number of amides is 1. The molecule has 2 rings (SSSR count). The molecule has 0 radical (unpaired) electrons. The fourth-order valence-corrected chi connectivity index (χ4v) is 3.09. The second-order valence-electron chi connectivity index (χ2n) is 4.83. The zero-order chi connectivity index (χ0) is 13.0. The molecular formula is C13H21N3OS. The first-order valence-corrected chi connectivity index (χ1v) is 7.40. The number of aromatic nitrogens is 1. The summed E-state index contributed by atoms with van der Waals surface area (Å²) < 4.78 is 0. The van der Waals surface area contributed by atoms with Crippen molar-refractivity contribution in [2.24, 2.45) is 5.92 Å². The molecule has 1 aliphatic rings. The van der Waals surface area contributed by atoms with Gasteiger partial charge in [-0.15, -0.1) is 11.3 Å². The van der Waals surface area contributed by atoms with Crippen molar-refractivity contribution in [2.45, 2.75) is 33.1 Å². The zero-order valence-corrected chi connectivity index (χ0v) is 11.9. The van der Waals surface area contributed by atoms with E-state index in [1.54, 1.807) is 11.3 Å². The largest absolute Gasteiger partial charge is 0.355 e. The van der Waals surface area contributed by atoms with E-state index in [0.717, 1.165) is 43.1 Å². The van der Waals surface area contributed by atoms with Gasteiger partial charge in [0.15, 0.2) is 0 Å². The lowest BCUT2D eigenvalue weighted by Gasteiger charge is -2.21. The van der Waals surface area contributed by atoms with Crippen LogP contribution < -0.4 is 10.6 Å². The van der Waals surface area contributed by atoms with Gasteiger partial charge < -0.3 is 10.6 Å². The van der Waals surface area contributed by atoms with E-state index in [1.807, 2.05) is 6.92 Å². The molecule has 0 aromatic carbocycles. The van der Waals surface area contributed by atoms with Crippen LogP contribution in [0.25, 0.3) is 0 Å². The maximum Gasteiger partial charge on any atom is 0.224 e. The van der Waals surface area contributed by atoms with E-state index >= 15 is 0 Å². The van der Waals surface area contributed by atoms with E-state index in [0.29, 0.717) is 6.54 Å². The van der Waals surface area contributed by atoms with Crippen LogP contribution in [0, 0.1) is 19.8 Å². The standard InChI is InChI=1S/C13H21N3OS/c1-9-10(2)18-12(16-9)5-7-15-13(17)11-4-3-6-14-8-11/h11,14H,3-8H2,1-2H3,(H,15,17). The molecule has 0 aliphatic carbocycles. The predicted octanol–water partition coefficient (Wildman–Crippen LogP) is 1.42. The summed E-state index contributed by atoms with van der Waals surface area (Å²) in [7, 11) is 0. The van der Waals surface area contributed by atoms with Crippen LogP contribution in [0.15, 0.2) is 0 Å². The highest BCUT2D eigenvalue weighted by Gasteiger charge is 2.20. The zero-order valence-electron chi connectivity index (χ0n) is 11.1. The Kier molecular flexibility index (Phi) is 4.72. The molecule has 5 heteroatoms. The molecule has 4 nitrogen and oxygen atoms in total. The highest BCUT2D eigenvalue weighted by Crippen LogP contribution is 2.16. The molecule has 0 spiro atoms. The summed E-state index contributed by atoms with van der Waals surface area (Å²) in [6.45, 7) is 6.68. The van der Waals surface area contributed by atoms with Crippen LogP contribution in [-0.4, -0.2) is 30.5 Å². The van der Waals surface area contributed by atoms with Crippen molar-refractivity contribution < 1.29 is 4.79 Å². The van der Waals surface area contributed by atoms with E-state index in [4.69, 9.17) is 0 Å². The minimum absolute atomic E-state index is 0.151. The number of nitrogens with one attached hydrogen (secondary N) is 2. The van der Waals surface area contributed by atoms with Crippen molar-refractivity contribution in [1.82, 2.24) is 15.6 Å². The average molecular weight is 267 g/mol. The topological polar surface area (TPSA) is 54.0 Å². The van der Waals surface area contributed by atoms with Crippen molar-refractivity contribution in [3.63, 3.8) is 0 Å². The summed E-state index contributed by atoms with van der Waals surface area (Å²) in [5.41, 5.74) is 1.11. The van der Waals surface area contributed by atoms with Gasteiger partial charge in [0.25, 0.3) is 0 Å². The second kappa shape index (κ2) is 6.29. The van der Waals surface area contributed by atoms with Crippen LogP contribution in [0.1, 0.15) is 28.4 Å². The second-order valence-corrected chi connectivity index (χ2v) is 6.12. The number of rotatable bonds is 4. The third kappa shape index (κ3) is 3.53. The highest BCUT2D eigenvalue weighted by molar-refractivity contribution is 7.11. The first-order valence-electron chi connectivity index (χ1n) is 6.58. The number of carbonyl (C=O) groups is 1. The summed E-state index contributed by atoms with van der Waals surface area (Å²) in [5.74, 6) is 0.339. The molecule has 2 N–H and O–H groups in total. The average Bonchev–Trinajstić information content (AvgIpc) is 2.69. The van der Waals surface area contributed by atoms with Crippen LogP contribution in [0.4, 0.5) is 0 Å². The summed E-state index contributed by atoms with van der Waals surface area (Å²) in [6.07, 6.45) is 2.95. The normalized spacial score (nSPS) is 19.8. The number of nitrogens with zero attached hydrogens (tertiary/aromatic N) is 1. The Morgan fingerprint density at radius 1 is 1.56 bits per heavy atom. The molecule has 1 atom stereocenters. The van der Waals surface area contributed by atoms with Crippen molar-refractivity contribution in [2.75, 3.05) is 19.6 Å². The first kappa shape index (κ1) is 13.5. The van der Waals surface area contributed by atoms with Gasteiger partial charge in [0.1, 0.15) is 0 Å². The third-order valence-electron chi connectivity index (χ3n) is 3.38. The van der Waals surface area contributed by atoms with Gasteiger partial charge in [-0.2, -0.15) is 0 Å². The van der Waals surface area contributed by atoms with Gasteiger partial charge in [-0.05, 0) is 33.2 Å². The minimum Gasteiger partial charge on any atom is -0.355 e. The lowest BCUT2D eigenvalue weighted by molar-refractivity contribution is -0.125. The summed E-state index contributed by atoms with van der Waals surface area (Å²) in [4.78, 5) is 17.6. The molecule has 0 bridgehead atoms. The maximum atomic E-state index is 11.9. The van der Waals surface area contributed by atoms with Crippen LogP contribution in [0.3, 0.4) is 0 Å². The molecule has 1 aliphatic heterocycles. The Hall–Kier alpha value is -0.940. The van der Waals surface area contributed by atoms with E-state index in [9.17, 15) is 4.79 Å². The molecule has 1 amide bonds. The smallest absolute Gasteiger partial charge is 0.224 e. The fraction of sp³-hybridized carbons (Fsp3) is 0.692. The molecule has 1 aromatic heterocycles. The molecule has 100 valence electrons. The van der Waals surface area contributed by atoms with Crippen LogP contribution in [0.5, 0.6) is 0 Å². The van der Waals surface area contributed by atoms with Crippen LogP contribution >= 0.6 is 11.3 Å². The third-order valence-corrected chi connectivity index (χ3v) is 4.51. The van der Waals surface area contributed by atoms with Gasteiger partial charge in [0, 0.05) is 24.4 Å². The van der Waals surface area contributed by atoms with E-state index in [-0.39, 0.29) is 11.8 Å². The summed E-state index contributed by atoms with van der Waals surface area (Å²) in [6, 6.07) is 0. The van der Waals surface area contributed by atoms with Crippen molar-refractivity contribution >= 4 is 17.2 Å². The molecule has 2 heterocycles. The number of hydrogen-bond acceptors (Lipinski definition) is 4. The molecule has 1 aromatic rings. The fourth-order valence-electron chi connectivity index (χ4n) is 2.16. The summed E-state index contributed by atoms with van der Waals surface area (Å²) >= 11 is 1.73. The number of piperidine rings is 1. The van der Waals surface area contributed by atoms with E-state index in [2.05, 4.69) is 22.5 Å². The molecule has 0 saturated carbocycles. The number of hydrogen-bond donors (Lipinski definition) is 2. The Balaban J connectivity index is 1.72. The molecule has 1 unspecified atom stereocenters. The SMILES string of the molecule is Cc1nc(CCNC(=O)C2CCCNC2)sc1C. The first-order chi connectivity index (χ1) is 8.66. The maximum absolute atomic E-state index is 11.9. The van der Waals surface area contributed by atoms with E-state index in [1.165, 1.54) is 4.88 Å². The molecule has 18 heavy (non-hydrogen) atoms. The molecule has 1 fully saturated rings. The van der Waals surface area contributed by atoms with Gasteiger partial charge in [-0.25, -0.2) is 4.98 Å². The quantitative estimate of drug-likeness (QED) is 0.867. The molecular weight excluding hydrogens is 246 g/mol. The van der Waals surface area contributed by atoms with Gasteiger partial charge in [0.2, 0.25) is 5.91 Å². The summed E-state index contributed by atoms with van der Waals surface area (Å²) in [5, 5.41) is 7.40. The minimum atomic E-state index is 0.151. The van der Waals surface area contributed by atoms with Gasteiger partial charge in [-0.3, -0.25) is 4.79 Å². The lowest BCUT2D eigenvalue weighted by atomic mass is 9.99. The number of carbonyl (C=O) groups excluding carboxylic acids is 1. The Morgan fingerprint density at radius 2 is 2.39 bits per heavy atom. The van der Waals surface area contributed by atoms with Crippen molar-refractivity contribution in [3.8, 4) is 0 Å². The van der Waals surface area contributed by atoms with Gasteiger partial charge >= 0.3 is 0 Å². The van der Waals surface area contributed by atoms with E-state index < -0.39 is 0 Å². The Labute approximate surface area is 112 Å². The molecule has 1 saturated heterocycles. The predicted molar refractivity (Wildman–Crippen MR) is 73.9 cm³/mol. The van der Waals surface area contributed by atoms with Crippen LogP contribution in [-0.2, 0) is 11.2 Å². The Bertz CT molecular complexity index is 391. The monoisotopic (exact) mass is 267 g/mol. The Morgan fingerprint density at radius 3 is 3.00 bits per heavy atom. The lowest BCUT2D eigenvalue weighted by Crippen LogP contribution is -2.41. The van der Waals surface area contributed by atoms with Gasteiger partial charge in [0.05, 0.1) is 16.6 Å². The van der Waals surface area contributed by atoms with Crippen molar-refractivity contribution in [1.29, 1.82) is 0 Å². The van der Waals surface area contributed by atoms with Crippen LogP contribution in [0.2, 0.25) is 0 Å². The van der Waals surface area contributed by atoms with Gasteiger partial charge in [-0.1, -0.05) is 0 Å². The van der Waals surface area contributed by atoms with Crippen molar-refractivity contribution in [3.05, 3.63) is 15.6 Å². The number of thiazole rings is 1. The highest BCUT2D eigenvalue weighted by atomic mass is 32.1.